The highest BCUT2D eigenvalue weighted by Crippen LogP contribution is 2.10. The fourth-order valence-corrected chi connectivity index (χ4v) is 1.65. The number of nitrogens with one attached hydrogen (secondary N) is 2. The predicted octanol–water partition coefficient (Wildman–Crippen LogP) is 3.07. The molecule has 0 amide bonds. The summed E-state index contributed by atoms with van der Waals surface area (Å²) in [4.78, 5) is 4.27. The van der Waals surface area contributed by atoms with Gasteiger partial charge in [0.15, 0.2) is 5.96 Å². The zero-order chi connectivity index (χ0) is 15.0. The Kier molecular flexibility index (Phi) is 6.98. The van der Waals surface area contributed by atoms with Crippen LogP contribution >= 0.6 is 0 Å². The molecular formula is C15H23F2N3. The molecule has 3 nitrogen and oxygen atoms in total. The van der Waals surface area contributed by atoms with Gasteiger partial charge in [0.05, 0.1) is 6.54 Å². The molecule has 0 saturated heterocycles. The number of guanidine groups is 1. The molecule has 0 radical (unpaired) electrons. The Balaban J connectivity index is 2.63. The van der Waals surface area contributed by atoms with Crippen molar-refractivity contribution in [2.75, 3.05) is 13.1 Å². The molecule has 0 saturated carbocycles. The summed E-state index contributed by atoms with van der Waals surface area (Å²) in [6.07, 6.45) is 1.03. The van der Waals surface area contributed by atoms with Gasteiger partial charge >= 0.3 is 0 Å². The van der Waals surface area contributed by atoms with Crippen LogP contribution in [0.2, 0.25) is 0 Å². The fraction of sp³-hybridized carbons (Fsp3) is 0.533. The van der Waals surface area contributed by atoms with E-state index in [2.05, 4.69) is 29.5 Å². The second kappa shape index (κ2) is 8.51. The van der Waals surface area contributed by atoms with E-state index in [-0.39, 0.29) is 12.1 Å². The molecule has 5 heteroatoms. The number of hydrogen-bond acceptors (Lipinski definition) is 1. The van der Waals surface area contributed by atoms with Crippen molar-refractivity contribution in [3.8, 4) is 0 Å². The number of aliphatic imine (C=N–C) groups is 1. The van der Waals surface area contributed by atoms with Crippen molar-refractivity contribution in [2.45, 2.75) is 33.7 Å². The Labute approximate surface area is 119 Å². The van der Waals surface area contributed by atoms with Gasteiger partial charge in [-0.15, -0.1) is 0 Å². The molecule has 0 fully saturated rings. The first-order valence-corrected chi connectivity index (χ1v) is 6.99. The largest absolute Gasteiger partial charge is 0.357 e. The molecule has 1 rings (SSSR count). The summed E-state index contributed by atoms with van der Waals surface area (Å²) in [6.45, 7) is 7.89. The Morgan fingerprint density at radius 1 is 1.25 bits per heavy atom. The van der Waals surface area contributed by atoms with Crippen molar-refractivity contribution >= 4 is 5.96 Å². The summed E-state index contributed by atoms with van der Waals surface area (Å²) in [7, 11) is 0. The molecule has 112 valence electrons. The fourth-order valence-electron chi connectivity index (χ4n) is 1.65. The van der Waals surface area contributed by atoms with Gasteiger partial charge in [-0.05, 0) is 37.5 Å². The quantitative estimate of drug-likeness (QED) is 0.622. The van der Waals surface area contributed by atoms with Gasteiger partial charge in [0.25, 0.3) is 0 Å². The third-order valence-electron chi connectivity index (χ3n) is 2.77. The number of halogens is 2. The molecule has 0 aliphatic carbocycles. The van der Waals surface area contributed by atoms with Crippen molar-refractivity contribution in [2.24, 2.45) is 10.9 Å². The number of hydrogen-bond donors (Lipinski definition) is 2. The van der Waals surface area contributed by atoms with Gasteiger partial charge in [-0.1, -0.05) is 13.8 Å². The van der Waals surface area contributed by atoms with Crippen molar-refractivity contribution < 1.29 is 8.78 Å². The van der Waals surface area contributed by atoms with Gasteiger partial charge < -0.3 is 10.6 Å². The molecular weight excluding hydrogens is 260 g/mol. The first-order chi connectivity index (χ1) is 9.52. The minimum Gasteiger partial charge on any atom is -0.357 e. The van der Waals surface area contributed by atoms with Gasteiger partial charge in [-0.25, -0.2) is 13.8 Å². The highest BCUT2D eigenvalue weighted by molar-refractivity contribution is 5.79. The van der Waals surface area contributed by atoms with E-state index in [9.17, 15) is 8.78 Å². The number of nitrogens with zero attached hydrogens (tertiary/aromatic N) is 1. The zero-order valence-corrected chi connectivity index (χ0v) is 12.3. The van der Waals surface area contributed by atoms with Gasteiger partial charge in [-0.3, -0.25) is 0 Å². The SMILES string of the molecule is CCNC(=NCc1cc(F)ccc1F)NCCC(C)C. The molecule has 20 heavy (non-hydrogen) atoms. The lowest BCUT2D eigenvalue weighted by Gasteiger charge is -2.12. The predicted molar refractivity (Wildman–Crippen MR) is 78.6 cm³/mol. The molecule has 0 atom stereocenters. The normalized spacial score (nSPS) is 11.8. The minimum absolute atomic E-state index is 0.112. The summed E-state index contributed by atoms with van der Waals surface area (Å²) in [6, 6.07) is 3.41. The van der Waals surface area contributed by atoms with Crippen molar-refractivity contribution in [1.29, 1.82) is 0 Å². The number of rotatable bonds is 6. The maximum absolute atomic E-state index is 13.5. The molecule has 0 spiro atoms. The van der Waals surface area contributed by atoms with Crippen molar-refractivity contribution in [3.05, 3.63) is 35.4 Å². The third kappa shape index (κ3) is 5.99. The minimum atomic E-state index is -0.450. The molecule has 0 aromatic heterocycles. The average Bonchev–Trinajstić information content (AvgIpc) is 2.39. The van der Waals surface area contributed by atoms with Crippen molar-refractivity contribution in [1.82, 2.24) is 10.6 Å². The van der Waals surface area contributed by atoms with Gasteiger partial charge in [0, 0.05) is 18.7 Å². The van der Waals surface area contributed by atoms with Crippen LogP contribution in [0.1, 0.15) is 32.8 Å². The maximum atomic E-state index is 13.5. The lowest BCUT2D eigenvalue weighted by Crippen LogP contribution is -2.38. The Hall–Kier alpha value is -1.65. The standard InChI is InChI=1S/C15H23F2N3/c1-4-18-15(19-8-7-11(2)3)20-10-12-9-13(16)5-6-14(12)17/h5-6,9,11H,4,7-8,10H2,1-3H3,(H2,18,19,20). The van der Waals surface area contributed by atoms with E-state index in [0.29, 0.717) is 11.9 Å². The van der Waals surface area contributed by atoms with Crippen LogP contribution in [0.5, 0.6) is 0 Å². The van der Waals surface area contributed by atoms with E-state index in [1.165, 1.54) is 6.07 Å². The summed E-state index contributed by atoms with van der Waals surface area (Å²) in [5.41, 5.74) is 0.256. The van der Waals surface area contributed by atoms with E-state index >= 15 is 0 Å². The lowest BCUT2D eigenvalue weighted by molar-refractivity contribution is 0.572. The van der Waals surface area contributed by atoms with Crippen LogP contribution < -0.4 is 10.6 Å². The van der Waals surface area contributed by atoms with E-state index in [0.717, 1.165) is 31.6 Å². The smallest absolute Gasteiger partial charge is 0.191 e. The molecule has 1 aromatic rings. The van der Waals surface area contributed by atoms with Crippen LogP contribution in [0.3, 0.4) is 0 Å². The van der Waals surface area contributed by atoms with Crippen LogP contribution in [0.15, 0.2) is 23.2 Å². The third-order valence-corrected chi connectivity index (χ3v) is 2.77. The molecule has 0 unspecified atom stereocenters. The lowest BCUT2D eigenvalue weighted by atomic mass is 10.1. The van der Waals surface area contributed by atoms with E-state index < -0.39 is 11.6 Å². The molecule has 1 aromatic carbocycles. The highest BCUT2D eigenvalue weighted by Gasteiger charge is 2.04. The second-order valence-corrected chi connectivity index (χ2v) is 5.04. The second-order valence-electron chi connectivity index (χ2n) is 5.04. The van der Waals surface area contributed by atoms with E-state index in [1.807, 2.05) is 6.92 Å². The van der Waals surface area contributed by atoms with Crippen LogP contribution in [0.25, 0.3) is 0 Å². The Morgan fingerprint density at radius 2 is 2.00 bits per heavy atom. The molecule has 0 aliphatic rings. The molecule has 0 bridgehead atoms. The van der Waals surface area contributed by atoms with Crippen LogP contribution in [0, 0.1) is 17.6 Å². The van der Waals surface area contributed by atoms with E-state index in [1.54, 1.807) is 0 Å². The van der Waals surface area contributed by atoms with Gasteiger partial charge in [0.2, 0.25) is 0 Å². The monoisotopic (exact) mass is 283 g/mol. The maximum Gasteiger partial charge on any atom is 0.191 e. The molecule has 0 heterocycles. The van der Waals surface area contributed by atoms with Crippen LogP contribution in [-0.4, -0.2) is 19.0 Å². The topological polar surface area (TPSA) is 36.4 Å². The highest BCUT2D eigenvalue weighted by atomic mass is 19.1. The summed E-state index contributed by atoms with van der Waals surface area (Å²) >= 11 is 0. The summed E-state index contributed by atoms with van der Waals surface area (Å²) < 4.78 is 26.6. The van der Waals surface area contributed by atoms with Gasteiger partial charge in [-0.2, -0.15) is 0 Å². The first-order valence-electron chi connectivity index (χ1n) is 6.99. The Bertz CT molecular complexity index is 445. The zero-order valence-electron chi connectivity index (χ0n) is 12.3. The van der Waals surface area contributed by atoms with Crippen LogP contribution in [-0.2, 0) is 6.54 Å². The number of benzene rings is 1. The van der Waals surface area contributed by atoms with E-state index in [4.69, 9.17) is 0 Å². The molecule has 2 N–H and O–H groups in total. The Morgan fingerprint density at radius 3 is 2.65 bits per heavy atom. The summed E-state index contributed by atoms with van der Waals surface area (Å²) in [5.74, 6) is 0.338. The summed E-state index contributed by atoms with van der Waals surface area (Å²) in [5, 5.41) is 6.26. The average molecular weight is 283 g/mol. The van der Waals surface area contributed by atoms with Crippen molar-refractivity contribution in [3.63, 3.8) is 0 Å². The molecule has 0 aliphatic heterocycles. The van der Waals surface area contributed by atoms with Crippen LogP contribution in [0.4, 0.5) is 8.78 Å². The first kappa shape index (κ1) is 16.4. The van der Waals surface area contributed by atoms with Gasteiger partial charge in [0.1, 0.15) is 11.6 Å².